The van der Waals surface area contributed by atoms with Crippen molar-refractivity contribution in [1.29, 1.82) is 0 Å². The first kappa shape index (κ1) is 39.0. The SMILES string of the molecule is COc1ccc2c(Oc3ccc(NC(=O)c4c(C)n(C[C@H](C)OC(=O)C(C)C)n(-c5ccccc5)c4=O)cc3F)ccnc2c1.O=C(O)/C=C/C(=O)O. The van der Waals surface area contributed by atoms with Gasteiger partial charge in [-0.2, -0.15) is 0 Å². The van der Waals surface area contributed by atoms with Crippen LogP contribution in [0.15, 0.2) is 95.9 Å². The van der Waals surface area contributed by atoms with Crippen LogP contribution in [0, 0.1) is 18.7 Å². The number of carboxylic acid groups (broad SMARTS) is 2. The van der Waals surface area contributed by atoms with Crippen LogP contribution in [0.4, 0.5) is 10.1 Å². The number of aromatic nitrogens is 3. The Labute approximate surface area is 302 Å². The number of ether oxygens (including phenoxy) is 3. The molecular weight excluding hydrogens is 691 g/mol. The molecule has 3 aromatic carbocycles. The van der Waals surface area contributed by atoms with Crippen LogP contribution in [0.2, 0.25) is 0 Å². The molecule has 3 N–H and O–H groups in total. The summed E-state index contributed by atoms with van der Waals surface area (Å²) in [5.74, 6) is -3.67. The number of nitrogens with one attached hydrogen (secondary N) is 1. The highest BCUT2D eigenvalue weighted by Gasteiger charge is 2.26. The van der Waals surface area contributed by atoms with E-state index in [4.69, 9.17) is 24.4 Å². The minimum absolute atomic E-state index is 0.0602. The molecule has 0 saturated heterocycles. The Morgan fingerprint density at radius 3 is 2.21 bits per heavy atom. The second-order valence-corrected chi connectivity index (χ2v) is 11.8. The predicted octanol–water partition coefficient (Wildman–Crippen LogP) is 5.99. The van der Waals surface area contributed by atoms with Gasteiger partial charge >= 0.3 is 17.9 Å². The molecule has 0 aliphatic heterocycles. The van der Waals surface area contributed by atoms with Crippen molar-refractivity contribution in [1.82, 2.24) is 14.3 Å². The maximum Gasteiger partial charge on any atom is 0.328 e. The number of carbonyl (C=O) groups is 4. The van der Waals surface area contributed by atoms with E-state index in [1.807, 2.05) is 6.07 Å². The van der Waals surface area contributed by atoms with Crippen LogP contribution in [0.1, 0.15) is 36.8 Å². The van der Waals surface area contributed by atoms with Crippen molar-refractivity contribution in [2.75, 3.05) is 12.4 Å². The van der Waals surface area contributed by atoms with Crippen molar-refractivity contribution in [3.8, 4) is 22.9 Å². The van der Waals surface area contributed by atoms with Crippen LogP contribution >= 0.6 is 0 Å². The Balaban J connectivity index is 0.000000703. The highest BCUT2D eigenvalue weighted by Crippen LogP contribution is 2.33. The fraction of sp³-hybridized carbons (Fsp3) is 0.211. The van der Waals surface area contributed by atoms with Gasteiger partial charge in [-0.1, -0.05) is 32.0 Å². The quantitative estimate of drug-likeness (QED) is 0.101. The Morgan fingerprint density at radius 2 is 1.60 bits per heavy atom. The van der Waals surface area contributed by atoms with Gasteiger partial charge in [0.2, 0.25) is 0 Å². The molecule has 15 heteroatoms. The van der Waals surface area contributed by atoms with E-state index in [1.54, 1.807) is 94.2 Å². The molecule has 0 radical (unpaired) electrons. The lowest BCUT2D eigenvalue weighted by atomic mass is 10.2. The first-order valence-corrected chi connectivity index (χ1v) is 16.1. The number of esters is 1. The highest BCUT2D eigenvalue weighted by atomic mass is 19.1. The van der Waals surface area contributed by atoms with Gasteiger partial charge in [0.1, 0.15) is 23.2 Å². The van der Waals surface area contributed by atoms with Crippen molar-refractivity contribution in [2.45, 2.75) is 40.3 Å². The Bertz CT molecular complexity index is 2210. The topological polar surface area (TPSA) is 188 Å². The van der Waals surface area contributed by atoms with Crippen LogP contribution in [0.3, 0.4) is 0 Å². The summed E-state index contributed by atoms with van der Waals surface area (Å²) in [6, 6.07) is 19.7. The van der Waals surface area contributed by atoms with Crippen LogP contribution < -0.4 is 20.3 Å². The minimum atomic E-state index is -1.26. The second-order valence-electron chi connectivity index (χ2n) is 11.8. The molecule has 5 rings (SSSR count). The van der Waals surface area contributed by atoms with E-state index in [2.05, 4.69) is 10.3 Å². The van der Waals surface area contributed by atoms with E-state index >= 15 is 4.39 Å². The number of halogens is 1. The van der Waals surface area contributed by atoms with Gasteiger partial charge in [0, 0.05) is 41.6 Å². The lowest BCUT2D eigenvalue weighted by molar-refractivity contribution is -0.152. The van der Waals surface area contributed by atoms with Crippen molar-refractivity contribution >= 4 is 40.4 Å². The normalized spacial score (nSPS) is 11.5. The number of nitrogens with zero attached hydrogens (tertiary/aromatic N) is 3. The smallest absolute Gasteiger partial charge is 0.328 e. The number of carbonyl (C=O) groups excluding carboxylic acids is 2. The number of anilines is 1. The van der Waals surface area contributed by atoms with Crippen molar-refractivity contribution in [3.63, 3.8) is 0 Å². The zero-order valence-electron chi connectivity index (χ0n) is 29.4. The molecule has 0 unspecified atom stereocenters. The standard InChI is InChI=1S/C34H33FN4O6.C4H4O4/c1-20(2)34(42)44-21(3)19-38-22(4)31(33(41)39(38)24-9-7-6-8-10-24)32(40)37-23-11-14-30(27(35)17-23)45-29-15-16-36-28-18-25(43-5)12-13-26(28)29;5-3(6)1-2-4(7)8/h6-18,20-21H,19H2,1-5H3,(H,37,40);1-2H,(H,5,6)(H,7,8)/b;2-1+/t21-;/m0./s1. The number of fused-ring (bicyclic) bond motifs is 1. The summed E-state index contributed by atoms with van der Waals surface area (Å²) in [6.45, 7) is 6.95. The zero-order valence-corrected chi connectivity index (χ0v) is 29.4. The van der Waals surface area contributed by atoms with Gasteiger partial charge in [-0.05, 0) is 56.3 Å². The van der Waals surface area contributed by atoms with Crippen molar-refractivity contribution in [3.05, 3.63) is 119 Å². The van der Waals surface area contributed by atoms with E-state index in [-0.39, 0.29) is 35.4 Å². The van der Waals surface area contributed by atoms with Gasteiger partial charge in [-0.15, -0.1) is 0 Å². The molecule has 2 aromatic heterocycles. The van der Waals surface area contributed by atoms with Crippen LogP contribution in [-0.2, 0) is 25.7 Å². The fourth-order valence-electron chi connectivity index (χ4n) is 5.00. The molecule has 0 spiro atoms. The summed E-state index contributed by atoms with van der Waals surface area (Å²) in [6.07, 6.45) is 2.08. The largest absolute Gasteiger partial charge is 0.497 e. The molecule has 0 aliphatic carbocycles. The van der Waals surface area contributed by atoms with Gasteiger partial charge in [0.25, 0.3) is 11.5 Å². The van der Waals surface area contributed by atoms with Crippen LogP contribution in [-0.4, -0.2) is 61.6 Å². The number of rotatable bonds is 12. The minimum Gasteiger partial charge on any atom is -0.497 e. The summed E-state index contributed by atoms with van der Waals surface area (Å²) in [5.41, 5.74) is 0.941. The Morgan fingerprint density at radius 1 is 0.925 bits per heavy atom. The van der Waals surface area contributed by atoms with Crippen molar-refractivity contribution < 1.29 is 48.0 Å². The average molecular weight is 729 g/mol. The van der Waals surface area contributed by atoms with Gasteiger partial charge in [-0.3, -0.25) is 24.0 Å². The van der Waals surface area contributed by atoms with Gasteiger partial charge in [-0.25, -0.2) is 18.7 Å². The van der Waals surface area contributed by atoms with Gasteiger partial charge in [0.05, 0.1) is 36.5 Å². The average Bonchev–Trinajstić information content (AvgIpc) is 3.36. The van der Waals surface area contributed by atoms with Crippen LogP contribution in [0.25, 0.3) is 16.6 Å². The fourth-order valence-corrected chi connectivity index (χ4v) is 5.00. The van der Waals surface area contributed by atoms with Crippen LogP contribution in [0.5, 0.6) is 17.2 Å². The summed E-state index contributed by atoms with van der Waals surface area (Å²) in [4.78, 5) is 62.8. The number of pyridine rings is 1. The van der Waals surface area contributed by atoms with Gasteiger partial charge in [0.15, 0.2) is 11.6 Å². The molecule has 1 amide bonds. The number of methoxy groups -OCH3 is 1. The van der Waals surface area contributed by atoms with E-state index in [0.717, 1.165) is 6.07 Å². The molecule has 53 heavy (non-hydrogen) atoms. The number of hydrogen-bond acceptors (Lipinski definition) is 9. The molecule has 0 saturated carbocycles. The van der Waals surface area contributed by atoms with E-state index in [1.165, 1.54) is 16.8 Å². The molecular formula is C38H37FN4O10. The lowest BCUT2D eigenvalue weighted by Crippen LogP contribution is -2.29. The Kier molecular flexibility index (Phi) is 12.8. The third kappa shape index (κ3) is 9.94. The second kappa shape index (κ2) is 17.4. The predicted molar refractivity (Wildman–Crippen MR) is 192 cm³/mol. The third-order valence-electron chi connectivity index (χ3n) is 7.53. The molecule has 1 atom stereocenters. The number of hydrogen-bond donors (Lipinski definition) is 3. The number of amides is 1. The number of benzene rings is 3. The number of aliphatic carboxylic acids is 2. The summed E-state index contributed by atoms with van der Waals surface area (Å²) < 4.78 is 34.9. The zero-order chi connectivity index (χ0) is 38.8. The monoisotopic (exact) mass is 728 g/mol. The van der Waals surface area contributed by atoms with Gasteiger partial charge < -0.3 is 29.7 Å². The van der Waals surface area contributed by atoms with Crippen molar-refractivity contribution in [2.24, 2.45) is 5.92 Å². The Hall–Kier alpha value is -6.77. The first-order chi connectivity index (χ1) is 25.2. The van der Waals surface area contributed by atoms with E-state index < -0.39 is 35.3 Å². The molecule has 14 nitrogen and oxygen atoms in total. The summed E-state index contributed by atoms with van der Waals surface area (Å²) in [5, 5.41) is 18.9. The molecule has 5 aromatic rings. The maximum atomic E-state index is 15.2. The third-order valence-corrected chi connectivity index (χ3v) is 7.53. The highest BCUT2D eigenvalue weighted by molar-refractivity contribution is 6.05. The molecule has 0 aliphatic rings. The summed E-state index contributed by atoms with van der Waals surface area (Å²) in [7, 11) is 1.56. The number of para-hydroxylation sites is 1. The molecule has 0 fully saturated rings. The number of carboxylic acids is 2. The maximum absolute atomic E-state index is 15.2. The first-order valence-electron chi connectivity index (χ1n) is 16.1. The molecule has 2 heterocycles. The molecule has 276 valence electrons. The van der Waals surface area contributed by atoms with E-state index in [9.17, 15) is 24.0 Å². The lowest BCUT2D eigenvalue weighted by Gasteiger charge is -2.19. The summed E-state index contributed by atoms with van der Waals surface area (Å²) >= 11 is 0. The van der Waals surface area contributed by atoms with E-state index in [0.29, 0.717) is 45.9 Å². The molecule has 0 bridgehead atoms.